The summed E-state index contributed by atoms with van der Waals surface area (Å²) in [6.45, 7) is 5.48. The lowest BCUT2D eigenvalue weighted by Crippen LogP contribution is -2.40. The van der Waals surface area contributed by atoms with Crippen LogP contribution in [0.4, 0.5) is 5.69 Å². The number of benzene rings is 1. The molecule has 2 aromatic rings. The van der Waals surface area contributed by atoms with Gasteiger partial charge in [-0.25, -0.2) is 13.4 Å². The summed E-state index contributed by atoms with van der Waals surface area (Å²) >= 11 is 2.93. The van der Waals surface area contributed by atoms with Crippen LogP contribution in [0.3, 0.4) is 0 Å². The quantitative estimate of drug-likeness (QED) is 0.734. The Bertz CT molecular complexity index is 895. The van der Waals surface area contributed by atoms with Gasteiger partial charge in [-0.3, -0.25) is 9.52 Å². The Balaban J connectivity index is 1.64. The second kappa shape index (κ2) is 8.14. The largest absolute Gasteiger partial charge is 0.342 e. The molecule has 1 amide bonds. The van der Waals surface area contributed by atoms with Gasteiger partial charge in [0, 0.05) is 13.1 Å². The predicted molar refractivity (Wildman–Crippen MR) is 108 cm³/mol. The summed E-state index contributed by atoms with van der Waals surface area (Å²) in [5.41, 5.74) is 1.36. The molecule has 2 heterocycles. The third kappa shape index (κ3) is 4.89. The summed E-state index contributed by atoms with van der Waals surface area (Å²) in [5, 5.41) is 0. The number of carbonyl (C=O) groups excluding carboxylic acids is 1. The Morgan fingerprint density at radius 2 is 2.27 bits per heavy atom. The SMILES string of the molecule is CCS(=O)(=O)Nc1ccc2nc(SCC(=O)N3CCC[C@@H](C)C3)sc2c1. The lowest BCUT2D eigenvalue weighted by molar-refractivity contribution is -0.130. The van der Waals surface area contributed by atoms with Crippen molar-refractivity contribution in [2.45, 2.75) is 31.0 Å². The van der Waals surface area contributed by atoms with Gasteiger partial charge >= 0.3 is 0 Å². The van der Waals surface area contributed by atoms with Crippen molar-refractivity contribution >= 4 is 54.9 Å². The highest BCUT2D eigenvalue weighted by Gasteiger charge is 2.21. The molecular weight excluding hydrogens is 390 g/mol. The van der Waals surface area contributed by atoms with Crippen LogP contribution in [0.1, 0.15) is 26.7 Å². The average Bonchev–Trinajstić information content (AvgIpc) is 3.01. The summed E-state index contributed by atoms with van der Waals surface area (Å²) in [6.07, 6.45) is 2.27. The summed E-state index contributed by atoms with van der Waals surface area (Å²) in [7, 11) is -3.29. The van der Waals surface area contributed by atoms with Gasteiger partial charge in [0.1, 0.15) is 0 Å². The molecule has 0 spiro atoms. The number of thioether (sulfide) groups is 1. The molecule has 9 heteroatoms. The van der Waals surface area contributed by atoms with E-state index in [0.29, 0.717) is 17.4 Å². The van der Waals surface area contributed by atoms with Crippen LogP contribution in [0, 0.1) is 5.92 Å². The molecule has 26 heavy (non-hydrogen) atoms. The molecule has 1 N–H and O–H groups in total. The van der Waals surface area contributed by atoms with E-state index in [0.717, 1.165) is 34.1 Å². The number of carbonyl (C=O) groups is 1. The molecule has 1 aliphatic heterocycles. The van der Waals surface area contributed by atoms with Gasteiger partial charge in [-0.1, -0.05) is 18.7 Å². The molecule has 0 radical (unpaired) electrons. The monoisotopic (exact) mass is 413 g/mol. The zero-order valence-corrected chi connectivity index (χ0v) is 17.3. The Morgan fingerprint density at radius 1 is 1.46 bits per heavy atom. The van der Waals surface area contributed by atoms with Crippen LogP contribution in [0.15, 0.2) is 22.5 Å². The van der Waals surface area contributed by atoms with E-state index < -0.39 is 10.0 Å². The smallest absolute Gasteiger partial charge is 0.233 e. The van der Waals surface area contributed by atoms with Crippen LogP contribution in [0.25, 0.3) is 10.2 Å². The fourth-order valence-electron chi connectivity index (χ4n) is 2.91. The van der Waals surface area contributed by atoms with E-state index in [9.17, 15) is 13.2 Å². The number of piperidine rings is 1. The summed E-state index contributed by atoms with van der Waals surface area (Å²) < 4.78 is 27.7. The van der Waals surface area contributed by atoms with Crippen LogP contribution >= 0.6 is 23.1 Å². The predicted octanol–water partition coefficient (Wildman–Crippen LogP) is 3.41. The number of fused-ring (bicyclic) bond motifs is 1. The molecule has 0 saturated carbocycles. The number of nitrogens with one attached hydrogen (secondary N) is 1. The Labute approximate surface area is 162 Å². The number of rotatable bonds is 6. The second-order valence-electron chi connectivity index (χ2n) is 6.54. The lowest BCUT2D eigenvalue weighted by Gasteiger charge is -2.30. The van der Waals surface area contributed by atoms with Gasteiger partial charge in [-0.2, -0.15) is 0 Å². The Morgan fingerprint density at radius 3 is 3.00 bits per heavy atom. The number of nitrogens with zero attached hydrogens (tertiary/aromatic N) is 2. The van der Waals surface area contributed by atoms with Gasteiger partial charge < -0.3 is 4.90 Å². The highest BCUT2D eigenvalue weighted by atomic mass is 32.2. The number of sulfonamides is 1. The second-order valence-corrected chi connectivity index (χ2v) is 10.8. The first-order chi connectivity index (χ1) is 12.4. The van der Waals surface area contributed by atoms with Crippen molar-refractivity contribution in [3.05, 3.63) is 18.2 Å². The van der Waals surface area contributed by atoms with Crippen LogP contribution in [0.2, 0.25) is 0 Å². The molecule has 0 aliphatic carbocycles. The first-order valence-electron chi connectivity index (χ1n) is 8.68. The van der Waals surface area contributed by atoms with E-state index in [2.05, 4.69) is 16.6 Å². The zero-order chi connectivity index (χ0) is 18.7. The van der Waals surface area contributed by atoms with Crippen molar-refractivity contribution in [2.24, 2.45) is 5.92 Å². The van der Waals surface area contributed by atoms with Gasteiger partial charge in [-0.05, 0) is 43.9 Å². The molecule has 1 fully saturated rings. The molecule has 0 unspecified atom stereocenters. The normalized spacial score (nSPS) is 18.2. The van der Waals surface area contributed by atoms with E-state index in [1.807, 2.05) is 4.90 Å². The standard InChI is InChI=1S/C17H23N3O3S3/c1-3-26(22,23)19-13-6-7-14-15(9-13)25-17(18-14)24-11-16(21)20-8-4-5-12(2)10-20/h6-7,9,12,19H,3-5,8,10-11H2,1-2H3/t12-/m1/s1. The topological polar surface area (TPSA) is 79.4 Å². The maximum Gasteiger partial charge on any atom is 0.233 e. The molecule has 1 aliphatic rings. The van der Waals surface area contributed by atoms with Crippen LogP contribution in [-0.2, 0) is 14.8 Å². The molecule has 1 aromatic heterocycles. The average molecular weight is 414 g/mol. The molecule has 0 bridgehead atoms. The third-order valence-corrected chi connectivity index (χ3v) is 7.80. The van der Waals surface area contributed by atoms with Crippen LogP contribution < -0.4 is 4.72 Å². The number of hydrogen-bond donors (Lipinski definition) is 1. The third-order valence-electron chi connectivity index (χ3n) is 4.35. The van der Waals surface area contributed by atoms with E-state index in [1.54, 1.807) is 25.1 Å². The minimum absolute atomic E-state index is 0.0338. The van der Waals surface area contributed by atoms with Gasteiger partial charge in [0.05, 0.1) is 27.4 Å². The zero-order valence-electron chi connectivity index (χ0n) is 14.9. The molecule has 142 valence electrons. The number of amides is 1. The van der Waals surface area contributed by atoms with Crippen molar-refractivity contribution in [3.63, 3.8) is 0 Å². The van der Waals surface area contributed by atoms with Crippen molar-refractivity contribution in [1.29, 1.82) is 0 Å². The van der Waals surface area contributed by atoms with Gasteiger partial charge in [0.25, 0.3) is 0 Å². The Kier molecular flexibility index (Phi) is 6.09. The first-order valence-corrected chi connectivity index (χ1v) is 12.1. The minimum Gasteiger partial charge on any atom is -0.342 e. The van der Waals surface area contributed by atoms with Crippen molar-refractivity contribution < 1.29 is 13.2 Å². The van der Waals surface area contributed by atoms with Gasteiger partial charge in [0.2, 0.25) is 15.9 Å². The Hall–Kier alpha value is -1.32. The molecule has 1 aromatic carbocycles. The van der Waals surface area contributed by atoms with E-state index in [-0.39, 0.29) is 11.7 Å². The van der Waals surface area contributed by atoms with E-state index >= 15 is 0 Å². The van der Waals surface area contributed by atoms with Crippen molar-refractivity contribution in [2.75, 3.05) is 29.3 Å². The number of aromatic nitrogens is 1. The fourth-order valence-corrected chi connectivity index (χ4v) is 5.55. The molecule has 1 saturated heterocycles. The molecule has 3 rings (SSSR count). The number of thiazole rings is 1. The highest BCUT2D eigenvalue weighted by molar-refractivity contribution is 8.01. The van der Waals surface area contributed by atoms with Gasteiger partial charge in [-0.15, -0.1) is 11.3 Å². The maximum absolute atomic E-state index is 12.4. The molecule has 6 nitrogen and oxygen atoms in total. The molecule has 1 atom stereocenters. The summed E-state index contributed by atoms with van der Waals surface area (Å²) in [4.78, 5) is 18.9. The molecular formula is C17H23N3O3S3. The minimum atomic E-state index is -3.29. The van der Waals surface area contributed by atoms with Crippen molar-refractivity contribution in [3.8, 4) is 0 Å². The van der Waals surface area contributed by atoms with Crippen molar-refractivity contribution in [1.82, 2.24) is 9.88 Å². The number of hydrogen-bond acceptors (Lipinski definition) is 6. The van der Waals surface area contributed by atoms with E-state index in [1.165, 1.54) is 29.5 Å². The van der Waals surface area contributed by atoms with E-state index in [4.69, 9.17) is 0 Å². The fraction of sp³-hybridized carbons (Fsp3) is 0.529. The van der Waals surface area contributed by atoms with Crippen LogP contribution in [-0.4, -0.2) is 48.8 Å². The summed E-state index contributed by atoms with van der Waals surface area (Å²) in [6, 6.07) is 5.31. The lowest BCUT2D eigenvalue weighted by atomic mass is 10.0. The first kappa shape index (κ1) is 19.4. The maximum atomic E-state index is 12.4. The van der Waals surface area contributed by atoms with Gasteiger partial charge in [0.15, 0.2) is 4.34 Å². The number of likely N-dealkylation sites (tertiary alicyclic amines) is 1. The van der Waals surface area contributed by atoms with Crippen LogP contribution in [0.5, 0.6) is 0 Å². The number of anilines is 1. The summed E-state index contributed by atoms with van der Waals surface area (Å²) in [5.74, 6) is 1.16. The highest BCUT2D eigenvalue weighted by Crippen LogP contribution is 2.32.